The van der Waals surface area contributed by atoms with Gasteiger partial charge in [0, 0.05) is 12.7 Å². The van der Waals surface area contributed by atoms with Crippen LogP contribution < -0.4 is 5.73 Å². The first-order chi connectivity index (χ1) is 8.41. The highest BCUT2D eigenvalue weighted by molar-refractivity contribution is 9.10. The van der Waals surface area contributed by atoms with Gasteiger partial charge in [-0.1, -0.05) is 0 Å². The molecule has 18 heavy (non-hydrogen) atoms. The second kappa shape index (κ2) is 4.74. The van der Waals surface area contributed by atoms with E-state index in [1.165, 1.54) is 10.7 Å². The molecule has 3 nitrogen and oxygen atoms in total. The van der Waals surface area contributed by atoms with E-state index in [-0.39, 0.29) is 6.54 Å². The maximum absolute atomic E-state index is 12.6. The van der Waals surface area contributed by atoms with Crippen molar-refractivity contribution in [2.24, 2.45) is 5.73 Å². The molecule has 0 saturated heterocycles. The minimum atomic E-state index is -4.37. The van der Waals surface area contributed by atoms with Crippen LogP contribution in [0, 0.1) is 0 Å². The number of nitrogens with zero attached hydrogens (tertiary/aromatic N) is 2. The summed E-state index contributed by atoms with van der Waals surface area (Å²) in [5.74, 6) is 0. The summed E-state index contributed by atoms with van der Waals surface area (Å²) < 4.78 is 39.9. The number of aromatic nitrogens is 2. The molecule has 0 amide bonds. The molecular formula is C11H9BrF3N3. The third kappa shape index (κ3) is 2.56. The minimum absolute atomic E-state index is 0.0106. The highest BCUT2D eigenvalue weighted by Crippen LogP contribution is 2.31. The molecule has 0 bridgehead atoms. The Kier molecular flexibility index (Phi) is 3.45. The Balaban J connectivity index is 2.50. The summed E-state index contributed by atoms with van der Waals surface area (Å²) in [6.07, 6.45) is -1.16. The van der Waals surface area contributed by atoms with E-state index in [4.69, 9.17) is 5.73 Å². The fourth-order valence-electron chi connectivity index (χ4n) is 1.58. The first kappa shape index (κ1) is 13.1. The number of halogens is 4. The fraction of sp³-hybridized carbons (Fsp3) is 0.182. The number of hydrogen-bond acceptors (Lipinski definition) is 2. The average molecular weight is 320 g/mol. The van der Waals surface area contributed by atoms with E-state index >= 15 is 0 Å². The fourth-order valence-corrected chi connectivity index (χ4v) is 1.87. The summed E-state index contributed by atoms with van der Waals surface area (Å²) in [4.78, 5) is 0. The molecule has 0 atom stereocenters. The zero-order valence-corrected chi connectivity index (χ0v) is 10.7. The van der Waals surface area contributed by atoms with Crippen molar-refractivity contribution in [2.75, 3.05) is 0 Å². The van der Waals surface area contributed by atoms with Crippen molar-refractivity contribution in [3.63, 3.8) is 0 Å². The Morgan fingerprint density at radius 3 is 2.56 bits per heavy atom. The van der Waals surface area contributed by atoms with E-state index in [0.717, 1.165) is 16.6 Å². The van der Waals surface area contributed by atoms with Crippen molar-refractivity contribution < 1.29 is 13.2 Å². The van der Waals surface area contributed by atoms with Crippen molar-refractivity contribution in [3.05, 3.63) is 46.2 Å². The van der Waals surface area contributed by atoms with Crippen LogP contribution in [0.25, 0.3) is 5.69 Å². The van der Waals surface area contributed by atoms with Crippen LogP contribution in [0.15, 0.2) is 35.1 Å². The number of benzene rings is 1. The van der Waals surface area contributed by atoms with Gasteiger partial charge in [-0.15, -0.1) is 0 Å². The lowest BCUT2D eigenvalue weighted by Crippen LogP contribution is -2.10. The maximum Gasteiger partial charge on any atom is 0.416 e. The van der Waals surface area contributed by atoms with Gasteiger partial charge in [-0.3, -0.25) is 0 Å². The van der Waals surface area contributed by atoms with E-state index in [2.05, 4.69) is 21.0 Å². The zero-order chi connectivity index (χ0) is 13.3. The molecule has 0 unspecified atom stereocenters. The number of nitrogens with two attached hydrogens (primary N) is 1. The topological polar surface area (TPSA) is 43.8 Å². The van der Waals surface area contributed by atoms with Gasteiger partial charge >= 0.3 is 6.18 Å². The minimum Gasteiger partial charge on any atom is -0.326 e. The summed E-state index contributed by atoms with van der Waals surface area (Å²) in [6.45, 7) is 0.0106. The summed E-state index contributed by atoms with van der Waals surface area (Å²) >= 11 is 3.23. The molecule has 0 fully saturated rings. The Hall–Kier alpha value is -1.34. The van der Waals surface area contributed by atoms with Gasteiger partial charge in [0.25, 0.3) is 0 Å². The quantitative estimate of drug-likeness (QED) is 0.924. The molecule has 0 spiro atoms. The van der Waals surface area contributed by atoms with Gasteiger partial charge in [-0.05, 0) is 39.7 Å². The van der Waals surface area contributed by atoms with Crippen LogP contribution in [0.5, 0.6) is 0 Å². The smallest absolute Gasteiger partial charge is 0.326 e. The van der Waals surface area contributed by atoms with E-state index in [0.29, 0.717) is 11.3 Å². The Morgan fingerprint density at radius 1 is 1.33 bits per heavy atom. The Bertz CT molecular complexity index is 563. The van der Waals surface area contributed by atoms with E-state index in [1.807, 2.05) is 0 Å². The van der Waals surface area contributed by atoms with Crippen LogP contribution in [0.1, 0.15) is 11.1 Å². The van der Waals surface area contributed by atoms with Gasteiger partial charge < -0.3 is 5.73 Å². The summed E-state index contributed by atoms with van der Waals surface area (Å²) in [5.41, 5.74) is 5.70. The summed E-state index contributed by atoms with van der Waals surface area (Å²) in [5, 5.41) is 4.02. The van der Waals surface area contributed by atoms with Crippen LogP contribution >= 0.6 is 15.9 Å². The number of hydrogen-bond donors (Lipinski definition) is 1. The van der Waals surface area contributed by atoms with Crippen LogP contribution in [0.2, 0.25) is 0 Å². The van der Waals surface area contributed by atoms with Crippen molar-refractivity contribution in [1.29, 1.82) is 0 Å². The SMILES string of the molecule is NCc1cc(C(F)(F)F)ccc1-n1cc(Br)cn1. The normalized spacial score (nSPS) is 11.8. The number of rotatable bonds is 2. The van der Waals surface area contributed by atoms with Crippen molar-refractivity contribution in [2.45, 2.75) is 12.7 Å². The molecule has 2 aromatic rings. The lowest BCUT2D eigenvalue weighted by Gasteiger charge is -2.12. The summed E-state index contributed by atoms with van der Waals surface area (Å²) in [6, 6.07) is 3.43. The maximum atomic E-state index is 12.6. The average Bonchev–Trinajstić information content (AvgIpc) is 2.73. The molecule has 0 radical (unpaired) electrons. The van der Waals surface area contributed by atoms with Crippen LogP contribution in [-0.2, 0) is 12.7 Å². The van der Waals surface area contributed by atoms with Gasteiger partial charge in [0.1, 0.15) is 0 Å². The zero-order valence-electron chi connectivity index (χ0n) is 9.08. The lowest BCUT2D eigenvalue weighted by atomic mass is 10.1. The van der Waals surface area contributed by atoms with Gasteiger partial charge in [0.2, 0.25) is 0 Å². The molecule has 1 aromatic carbocycles. The van der Waals surface area contributed by atoms with Gasteiger partial charge in [-0.25, -0.2) is 4.68 Å². The lowest BCUT2D eigenvalue weighted by molar-refractivity contribution is -0.137. The van der Waals surface area contributed by atoms with Crippen molar-refractivity contribution in [1.82, 2.24) is 9.78 Å². The second-order valence-corrected chi connectivity index (χ2v) is 4.56. The van der Waals surface area contributed by atoms with Crippen LogP contribution in [0.3, 0.4) is 0 Å². The highest BCUT2D eigenvalue weighted by Gasteiger charge is 2.31. The predicted octanol–water partition coefficient (Wildman–Crippen LogP) is 3.11. The molecule has 2 N–H and O–H groups in total. The van der Waals surface area contributed by atoms with E-state index in [9.17, 15) is 13.2 Å². The molecule has 2 rings (SSSR count). The van der Waals surface area contributed by atoms with Crippen LogP contribution in [-0.4, -0.2) is 9.78 Å². The highest BCUT2D eigenvalue weighted by atomic mass is 79.9. The van der Waals surface area contributed by atoms with Gasteiger partial charge in [0.15, 0.2) is 0 Å². The Morgan fingerprint density at radius 2 is 2.06 bits per heavy atom. The molecular weight excluding hydrogens is 311 g/mol. The van der Waals surface area contributed by atoms with E-state index < -0.39 is 11.7 Å². The standard InChI is InChI=1S/C11H9BrF3N3/c12-9-5-17-18(6-9)10-2-1-8(11(13,14)15)3-7(10)4-16/h1-3,5-6H,4,16H2. The molecule has 96 valence electrons. The molecule has 1 heterocycles. The monoisotopic (exact) mass is 319 g/mol. The predicted molar refractivity (Wildman–Crippen MR) is 64.2 cm³/mol. The number of alkyl halides is 3. The van der Waals surface area contributed by atoms with Crippen molar-refractivity contribution >= 4 is 15.9 Å². The molecule has 0 saturated carbocycles. The molecule has 7 heteroatoms. The largest absolute Gasteiger partial charge is 0.416 e. The van der Waals surface area contributed by atoms with Gasteiger partial charge in [-0.2, -0.15) is 18.3 Å². The first-order valence-corrected chi connectivity index (χ1v) is 5.82. The molecule has 1 aromatic heterocycles. The molecule has 0 aliphatic heterocycles. The second-order valence-electron chi connectivity index (χ2n) is 3.65. The third-order valence-electron chi connectivity index (χ3n) is 2.42. The first-order valence-electron chi connectivity index (χ1n) is 5.02. The Labute approximate surface area is 110 Å². The van der Waals surface area contributed by atoms with Gasteiger partial charge in [0.05, 0.1) is 21.9 Å². The van der Waals surface area contributed by atoms with E-state index in [1.54, 1.807) is 12.4 Å². The molecule has 0 aliphatic rings. The third-order valence-corrected chi connectivity index (χ3v) is 2.83. The summed E-state index contributed by atoms with van der Waals surface area (Å²) in [7, 11) is 0. The van der Waals surface area contributed by atoms with Crippen molar-refractivity contribution in [3.8, 4) is 5.69 Å². The van der Waals surface area contributed by atoms with Crippen LogP contribution in [0.4, 0.5) is 13.2 Å². The molecule has 0 aliphatic carbocycles.